The molecule has 0 spiro atoms. The maximum absolute atomic E-state index is 12.7. The first kappa shape index (κ1) is 14.5. The van der Waals surface area contributed by atoms with Crippen molar-refractivity contribution in [1.82, 2.24) is 8.96 Å². The number of hydrogen-bond donors (Lipinski definition) is 1. The third-order valence-corrected chi connectivity index (χ3v) is 6.44. The van der Waals surface area contributed by atoms with E-state index >= 15 is 0 Å². The van der Waals surface area contributed by atoms with Crippen LogP contribution in [0.25, 0.3) is 11.0 Å². The van der Waals surface area contributed by atoms with Gasteiger partial charge in [-0.05, 0) is 42.8 Å². The highest BCUT2D eigenvalue weighted by molar-refractivity contribution is 7.92. The second kappa shape index (κ2) is 5.42. The Balaban J connectivity index is 2.25. The Bertz CT molecular complexity index is 899. The molecule has 110 valence electrons. The van der Waals surface area contributed by atoms with Crippen LogP contribution in [0.2, 0.25) is 4.34 Å². The summed E-state index contributed by atoms with van der Waals surface area (Å²) in [6, 6.07) is 6.70. The van der Waals surface area contributed by atoms with Crippen molar-refractivity contribution in [2.75, 3.05) is 6.54 Å². The molecule has 5 nitrogen and oxygen atoms in total. The molecule has 3 aromatic rings. The van der Waals surface area contributed by atoms with E-state index in [1.807, 2.05) is 6.07 Å². The summed E-state index contributed by atoms with van der Waals surface area (Å²) in [5.41, 5.74) is 6.87. The number of aromatic nitrogens is 2. The quantitative estimate of drug-likeness (QED) is 0.790. The van der Waals surface area contributed by atoms with E-state index in [0.717, 1.165) is 22.3 Å². The van der Waals surface area contributed by atoms with Gasteiger partial charge in [-0.25, -0.2) is 8.96 Å². The maximum Gasteiger partial charge on any atom is 0.278 e. The van der Waals surface area contributed by atoms with Gasteiger partial charge in [0.15, 0.2) is 5.65 Å². The molecule has 2 N–H and O–H groups in total. The minimum Gasteiger partial charge on any atom is -0.330 e. The minimum atomic E-state index is -3.69. The smallest absolute Gasteiger partial charge is 0.278 e. The van der Waals surface area contributed by atoms with Crippen molar-refractivity contribution in [2.24, 2.45) is 5.73 Å². The van der Waals surface area contributed by atoms with E-state index in [4.69, 9.17) is 17.3 Å². The topological polar surface area (TPSA) is 78.0 Å². The number of nitrogens with zero attached hydrogens (tertiary/aromatic N) is 2. The number of hydrogen-bond acceptors (Lipinski definition) is 5. The summed E-state index contributed by atoms with van der Waals surface area (Å²) in [7, 11) is -3.69. The van der Waals surface area contributed by atoms with E-state index in [1.165, 1.54) is 10.0 Å². The van der Waals surface area contributed by atoms with Crippen LogP contribution >= 0.6 is 22.9 Å². The van der Waals surface area contributed by atoms with E-state index in [1.54, 1.807) is 24.5 Å². The fourth-order valence-corrected chi connectivity index (χ4v) is 5.09. The number of fused-ring (bicyclic) bond motifs is 1. The molecule has 0 saturated carbocycles. The molecular formula is C13H12ClN3O2S2. The van der Waals surface area contributed by atoms with Crippen molar-refractivity contribution in [1.29, 1.82) is 0 Å². The molecule has 0 aliphatic rings. The first-order valence-corrected chi connectivity index (χ1v) is 8.83. The zero-order valence-electron chi connectivity index (χ0n) is 10.9. The van der Waals surface area contributed by atoms with Crippen molar-refractivity contribution in [3.05, 3.63) is 46.6 Å². The number of nitrogens with two attached hydrogens (primary N) is 1. The molecule has 21 heavy (non-hydrogen) atoms. The highest BCUT2D eigenvalue weighted by atomic mass is 35.5. The fraction of sp³-hybridized carbons (Fsp3) is 0.154. The van der Waals surface area contributed by atoms with Gasteiger partial charge in [-0.3, -0.25) is 0 Å². The van der Waals surface area contributed by atoms with Crippen LogP contribution in [0.3, 0.4) is 0 Å². The van der Waals surface area contributed by atoms with Gasteiger partial charge in [0.05, 0.1) is 4.34 Å². The highest BCUT2D eigenvalue weighted by Crippen LogP contribution is 2.30. The number of halogens is 1. The molecular weight excluding hydrogens is 330 g/mol. The summed E-state index contributed by atoms with van der Waals surface area (Å²) in [6.45, 7) is 0.443. The molecule has 0 saturated heterocycles. The van der Waals surface area contributed by atoms with Crippen molar-refractivity contribution in [2.45, 2.75) is 10.6 Å². The van der Waals surface area contributed by atoms with Crippen LogP contribution in [0.15, 0.2) is 40.9 Å². The van der Waals surface area contributed by atoms with Crippen molar-refractivity contribution in [3.63, 3.8) is 0 Å². The number of thiophene rings is 1. The van der Waals surface area contributed by atoms with Gasteiger partial charge in [-0.15, -0.1) is 11.3 Å². The largest absolute Gasteiger partial charge is 0.330 e. The van der Waals surface area contributed by atoms with E-state index in [9.17, 15) is 8.42 Å². The minimum absolute atomic E-state index is 0.189. The Hall–Kier alpha value is -1.41. The van der Waals surface area contributed by atoms with Crippen LogP contribution < -0.4 is 5.73 Å². The van der Waals surface area contributed by atoms with Gasteiger partial charge in [0.2, 0.25) is 0 Å². The monoisotopic (exact) mass is 341 g/mol. The van der Waals surface area contributed by atoms with E-state index in [-0.39, 0.29) is 4.21 Å². The second-order valence-corrected chi connectivity index (χ2v) is 8.18. The van der Waals surface area contributed by atoms with Gasteiger partial charge in [0.1, 0.15) is 4.21 Å². The second-order valence-electron chi connectivity index (χ2n) is 4.43. The maximum atomic E-state index is 12.7. The van der Waals surface area contributed by atoms with Gasteiger partial charge >= 0.3 is 0 Å². The lowest BCUT2D eigenvalue weighted by molar-refractivity contribution is 0.590. The summed E-state index contributed by atoms with van der Waals surface area (Å²) in [4.78, 5) is 4.20. The van der Waals surface area contributed by atoms with Crippen LogP contribution in [0, 0.1) is 0 Å². The molecule has 0 fully saturated rings. The lowest BCUT2D eigenvalue weighted by Gasteiger charge is -2.03. The van der Waals surface area contributed by atoms with Gasteiger partial charge in [0.25, 0.3) is 10.0 Å². The highest BCUT2D eigenvalue weighted by Gasteiger charge is 2.23. The fourth-order valence-electron chi connectivity index (χ4n) is 2.17. The van der Waals surface area contributed by atoms with Gasteiger partial charge in [-0.2, -0.15) is 8.42 Å². The standard InChI is InChI=1S/C13H12ClN3O2S2/c14-11-3-4-12(20-11)21(18,19)17-8-9(5-6-15)10-2-1-7-16-13(10)17/h1-4,7-8H,5-6,15H2. The Morgan fingerprint density at radius 2 is 2.14 bits per heavy atom. The molecule has 0 amide bonds. The molecule has 3 heterocycles. The molecule has 0 aliphatic carbocycles. The SMILES string of the molecule is NCCc1cn(S(=O)(=O)c2ccc(Cl)s2)c2ncccc12. The molecule has 0 aromatic carbocycles. The van der Waals surface area contributed by atoms with Crippen LogP contribution in [0.1, 0.15) is 5.56 Å². The molecule has 3 rings (SSSR count). The normalized spacial score (nSPS) is 12.1. The van der Waals surface area contributed by atoms with E-state index in [2.05, 4.69) is 4.98 Å². The lowest BCUT2D eigenvalue weighted by Crippen LogP contribution is -2.11. The Morgan fingerprint density at radius 1 is 1.33 bits per heavy atom. The summed E-state index contributed by atoms with van der Waals surface area (Å²) >= 11 is 6.86. The third-order valence-electron chi connectivity index (χ3n) is 3.09. The molecule has 0 atom stereocenters. The Kier molecular flexibility index (Phi) is 3.75. The first-order valence-electron chi connectivity index (χ1n) is 6.20. The average Bonchev–Trinajstić information content (AvgIpc) is 3.05. The van der Waals surface area contributed by atoms with Crippen molar-refractivity contribution >= 4 is 44.0 Å². The summed E-state index contributed by atoms with van der Waals surface area (Å²) in [5.74, 6) is 0. The van der Waals surface area contributed by atoms with Crippen molar-refractivity contribution < 1.29 is 8.42 Å². The van der Waals surface area contributed by atoms with Crippen LogP contribution in [0.5, 0.6) is 0 Å². The van der Waals surface area contributed by atoms with Crippen LogP contribution in [0.4, 0.5) is 0 Å². The average molecular weight is 342 g/mol. The molecule has 0 aliphatic heterocycles. The summed E-state index contributed by atoms with van der Waals surface area (Å²) in [6.07, 6.45) is 3.76. The van der Waals surface area contributed by atoms with E-state index in [0.29, 0.717) is 22.9 Å². The predicted octanol–water partition coefficient (Wildman–Crippen LogP) is 2.49. The summed E-state index contributed by atoms with van der Waals surface area (Å²) in [5, 5.41) is 0.800. The first-order chi connectivity index (χ1) is 10.0. The molecule has 0 radical (unpaired) electrons. The summed E-state index contributed by atoms with van der Waals surface area (Å²) < 4.78 is 27.3. The Morgan fingerprint density at radius 3 is 2.81 bits per heavy atom. The van der Waals surface area contributed by atoms with Crippen LogP contribution in [-0.2, 0) is 16.4 Å². The molecule has 3 aromatic heterocycles. The zero-order valence-corrected chi connectivity index (χ0v) is 13.2. The van der Waals surface area contributed by atoms with Gasteiger partial charge in [0, 0.05) is 17.8 Å². The van der Waals surface area contributed by atoms with Gasteiger partial charge < -0.3 is 5.73 Å². The number of rotatable bonds is 4. The molecule has 0 unspecified atom stereocenters. The van der Waals surface area contributed by atoms with Gasteiger partial charge in [-0.1, -0.05) is 11.6 Å². The molecule has 0 bridgehead atoms. The third kappa shape index (κ3) is 2.46. The van der Waals surface area contributed by atoms with Crippen molar-refractivity contribution in [3.8, 4) is 0 Å². The zero-order chi connectivity index (χ0) is 15.0. The molecule has 8 heteroatoms. The predicted molar refractivity (Wildman–Crippen MR) is 84.4 cm³/mol. The Labute approximate surface area is 131 Å². The number of pyridine rings is 1. The lowest BCUT2D eigenvalue weighted by atomic mass is 10.2. The van der Waals surface area contributed by atoms with E-state index < -0.39 is 10.0 Å². The van der Waals surface area contributed by atoms with Crippen LogP contribution in [-0.4, -0.2) is 23.9 Å².